The summed E-state index contributed by atoms with van der Waals surface area (Å²) in [5.41, 5.74) is 0. The Bertz CT molecular complexity index is 461. The summed E-state index contributed by atoms with van der Waals surface area (Å²) < 4.78 is 11.0. The number of hydrogen-bond acceptors (Lipinski definition) is 5. The summed E-state index contributed by atoms with van der Waals surface area (Å²) in [5.74, 6) is 1.22. The molecule has 142 valence electrons. The van der Waals surface area contributed by atoms with Crippen LogP contribution in [-0.2, 0) is 19.1 Å². The highest BCUT2D eigenvalue weighted by molar-refractivity contribution is 5.82. The van der Waals surface area contributed by atoms with Gasteiger partial charge >= 0.3 is 0 Å². The molecular formula is C18H31N3O4. The third-order valence-corrected chi connectivity index (χ3v) is 5.63. The van der Waals surface area contributed by atoms with Gasteiger partial charge in [-0.3, -0.25) is 14.5 Å². The smallest absolute Gasteiger partial charge is 0.223 e. The lowest BCUT2D eigenvalue weighted by Crippen LogP contribution is -2.52. The zero-order valence-electron chi connectivity index (χ0n) is 15.2. The van der Waals surface area contributed by atoms with Gasteiger partial charge in [-0.05, 0) is 18.8 Å². The fraction of sp³-hybridized carbons (Fsp3) is 0.889. The molecule has 1 saturated carbocycles. The van der Waals surface area contributed by atoms with Crippen LogP contribution in [0.4, 0.5) is 0 Å². The van der Waals surface area contributed by atoms with Gasteiger partial charge in [0.1, 0.15) is 0 Å². The van der Waals surface area contributed by atoms with Gasteiger partial charge in [0, 0.05) is 57.1 Å². The van der Waals surface area contributed by atoms with Gasteiger partial charge in [-0.15, -0.1) is 0 Å². The van der Waals surface area contributed by atoms with Crippen molar-refractivity contribution in [2.45, 2.75) is 32.2 Å². The molecule has 0 aromatic carbocycles. The monoisotopic (exact) mass is 353 g/mol. The summed E-state index contributed by atoms with van der Waals surface area (Å²) in [6, 6.07) is 0.303. The van der Waals surface area contributed by atoms with Crippen LogP contribution in [0.2, 0.25) is 0 Å². The number of nitrogens with zero attached hydrogens (tertiary/aromatic N) is 1. The fourth-order valence-corrected chi connectivity index (χ4v) is 3.78. The fourth-order valence-electron chi connectivity index (χ4n) is 3.78. The van der Waals surface area contributed by atoms with Crippen LogP contribution in [0, 0.1) is 17.8 Å². The standard InChI is InChI=1S/C18H31N3O4/c1-13-10-15(13)18(23)19-4-2-17(22)20-11-16(14-3-7-25-12-14)21-5-8-24-9-6-21/h13-16H,2-12H2,1H3,(H,19,23)(H,20,22)/t13-,14+,15+,16-/m1/s1. The SMILES string of the molecule is C[C@@H]1C[C@@H]1C(=O)NCCC(=O)NC[C@H]([C@H]1CCOC1)N1CCOCC1. The average Bonchev–Trinajstić information content (AvgIpc) is 3.12. The maximum atomic E-state index is 12.1. The maximum Gasteiger partial charge on any atom is 0.223 e. The molecule has 7 nitrogen and oxygen atoms in total. The van der Waals surface area contributed by atoms with Crippen molar-refractivity contribution in [3.63, 3.8) is 0 Å². The van der Waals surface area contributed by atoms with E-state index in [0.717, 1.165) is 52.4 Å². The first-order valence-electron chi connectivity index (χ1n) is 9.59. The first-order valence-corrected chi connectivity index (χ1v) is 9.59. The third-order valence-electron chi connectivity index (χ3n) is 5.63. The van der Waals surface area contributed by atoms with E-state index < -0.39 is 0 Å². The summed E-state index contributed by atoms with van der Waals surface area (Å²) in [4.78, 5) is 26.3. The molecule has 3 fully saturated rings. The van der Waals surface area contributed by atoms with Gasteiger partial charge in [0.25, 0.3) is 0 Å². The largest absolute Gasteiger partial charge is 0.381 e. The van der Waals surface area contributed by atoms with Gasteiger partial charge in [-0.2, -0.15) is 0 Å². The number of hydrogen-bond donors (Lipinski definition) is 2. The molecule has 1 aliphatic carbocycles. The van der Waals surface area contributed by atoms with Crippen LogP contribution in [0.5, 0.6) is 0 Å². The van der Waals surface area contributed by atoms with Crippen LogP contribution in [-0.4, -0.2) is 75.4 Å². The highest BCUT2D eigenvalue weighted by atomic mass is 16.5. The van der Waals surface area contributed by atoms with E-state index in [1.54, 1.807) is 0 Å². The number of morpholine rings is 1. The molecule has 0 bridgehead atoms. The Morgan fingerprint density at radius 3 is 2.56 bits per heavy atom. The Labute approximate surface area is 149 Å². The Hall–Kier alpha value is -1.18. The minimum absolute atomic E-state index is 0.00122. The van der Waals surface area contributed by atoms with Crippen LogP contribution < -0.4 is 10.6 Å². The predicted octanol–water partition coefficient (Wildman–Crippen LogP) is 0.00220. The Kier molecular flexibility index (Phi) is 6.67. The predicted molar refractivity (Wildman–Crippen MR) is 93.0 cm³/mol. The van der Waals surface area contributed by atoms with Gasteiger partial charge in [0.05, 0.1) is 19.8 Å². The average molecular weight is 353 g/mol. The van der Waals surface area contributed by atoms with E-state index in [-0.39, 0.29) is 17.7 Å². The van der Waals surface area contributed by atoms with Crippen LogP contribution in [0.25, 0.3) is 0 Å². The normalized spacial score (nSPS) is 30.7. The van der Waals surface area contributed by atoms with Crippen LogP contribution >= 0.6 is 0 Å². The molecule has 2 amide bonds. The third kappa shape index (κ3) is 5.39. The van der Waals surface area contributed by atoms with Crippen molar-refractivity contribution >= 4 is 11.8 Å². The van der Waals surface area contributed by atoms with Crippen molar-refractivity contribution in [1.82, 2.24) is 15.5 Å². The Balaban J connectivity index is 1.38. The number of amides is 2. The molecule has 0 aromatic rings. The minimum Gasteiger partial charge on any atom is -0.381 e. The van der Waals surface area contributed by atoms with E-state index in [1.165, 1.54) is 0 Å². The Morgan fingerprint density at radius 1 is 1.16 bits per heavy atom. The van der Waals surface area contributed by atoms with Gasteiger partial charge in [0.15, 0.2) is 0 Å². The van der Waals surface area contributed by atoms with Crippen LogP contribution in [0.3, 0.4) is 0 Å². The first kappa shape index (κ1) is 18.6. The number of carbonyl (C=O) groups excluding carboxylic acids is 2. The number of rotatable bonds is 8. The highest BCUT2D eigenvalue weighted by Gasteiger charge is 2.38. The van der Waals surface area contributed by atoms with E-state index in [9.17, 15) is 9.59 Å². The summed E-state index contributed by atoms with van der Waals surface area (Å²) in [6.45, 7) is 8.05. The van der Waals surface area contributed by atoms with E-state index in [4.69, 9.17) is 9.47 Å². The second-order valence-electron chi connectivity index (χ2n) is 7.50. The lowest BCUT2D eigenvalue weighted by molar-refractivity contribution is -0.123. The molecule has 2 aliphatic heterocycles. The maximum absolute atomic E-state index is 12.1. The van der Waals surface area contributed by atoms with Gasteiger partial charge in [-0.1, -0.05) is 6.92 Å². The summed E-state index contributed by atoms with van der Waals surface area (Å²) >= 11 is 0. The zero-order valence-corrected chi connectivity index (χ0v) is 15.2. The summed E-state index contributed by atoms with van der Waals surface area (Å²) in [6.07, 6.45) is 2.36. The minimum atomic E-state index is 0.00122. The van der Waals surface area contributed by atoms with E-state index >= 15 is 0 Å². The van der Waals surface area contributed by atoms with E-state index in [1.807, 2.05) is 0 Å². The van der Waals surface area contributed by atoms with Gasteiger partial charge in [-0.25, -0.2) is 0 Å². The second-order valence-corrected chi connectivity index (χ2v) is 7.50. The lowest BCUT2D eigenvalue weighted by atomic mass is 9.97. The molecule has 7 heteroatoms. The zero-order chi connectivity index (χ0) is 17.6. The van der Waals surface area contributed by atoms with Crippen molar-refractivity contribution in [3.05, 3.63) is 0 Å². The molecule has 0 unspecified atom stereocenters. The summed E-state index contributed by atoms with van der Waals surface area (Å²) in [5, 5.41) is 5.92. The first-order chi connectivity index (χ1) is 12.1. The molecule has 4 atom stereocenters. The van der Waals surface area contributed by atoms with Crippen molar-refractivity contribution in [3.8, 4) is 0 Å². The molecule has 25 heavy (non-hydrogen) atoms. The molecular weight excluding hydrogens is 322 g/mol. The molecule has 2 heterocycles. The molecule has 0 aromatic heterocycles. The quantitative estimate of drug-likeness (QED) is 0.642. The van der Waals surface area contributed by atoms with Gasteiger partial charge < -0.3 is 20.1 Å². The van der Waals surface area contributed by atoms with Gasteiger partial charge in [0.2, 0.25) is 11.8 Å². The Morgan fingerprint density at radius 2 is 1.92 bits per heavy atom. The van der Waals surface area contributed by atoms with Crippen molar-refractivity contribution in [1.29, 1.82) is 0 Å². The molecule has 0 radical (unpaired) electrons. The molecule has 3 aliphatic rings. The van der Waals surface area contributed by atoms with Crippen LogP contribution in [0.1, 0.15) is 26.2 Å². The number of ether oxygens (including phenoxy) is 2. The number of nitrogens with one attached hydrogen (secondary N) is 2. The molecule has 2 saturated heterocycles. The second kappa shape index (κ2) is 8.96. The topological polar surface area (TPSA) is 79.9 Å². The van der Waals surface area contributed by atoms with Crippen molar-refractivity contribution in [2.75, 3.05) is 52.6 Å². The lowest BCUT2D eigenvalue weighted by Gasteiger charge is -2.37. The molecule has 2 N–H and O–H groups in total. The van der Waals surface area contributed by atoms with Crippen molar-refractivity contribution in [2.24, 2.45) is 17.8 Å². The van der Waals surface area contributed by atoms with E-state index in [0.29, 0.717) is 37.4 Å². The van der Waals surface area contributed by atoms with Crippen LogP contribution in [0.15, 0.2) is 0 Å². The molecule has 0 spiro atoms. The van der Waals surface area contributed by atoms with E-state index in [2.05, 4.69) is 22.5 Å². The highest BCUT2D eigenvalue weighted by Crippen LogP contribution is 2.37. The van der Waals surface area contributed by atoms with Crippen molar-refractivity contribution < 1.29 is 19.1 Å². The number of carbonyl (C=O) groups is 2. The molecule has 3 rings (SSSR count). The summed E-state index contributed by atoms with van der Waals surface area (Å²) in [7, 11) is 0.